The summed E-state index contributed by atoms with van der Waals surface area (Å²) in [5, 5.41) is 2.32. The summed E-state index contributed by atoms with van der Waals surface area (Å²) < 4.78 is 0. The molecule has 1 aromatic heterocycles. The van der Waals surface area contributed by atoms with Crippen LogP contribution < -0.4 is 5.73 Å². The molecular weight excluding hydrogens is 196 g/mol. The lowest BCUT2D eigenvalue weighted by Crippen LogP contribution is -1.97. The highest BCUT2D eigenvalue weighted by molar-refractivity contribution is 5.94. The van der Waals surface area contributed by atoms with E-state index in [4.69, 9.17) is 5.73 Å². The van der Waals surface area contributed by atoms with Crippen molar-refractivity contribution in [1.82, 2.24) is 4.98 Å². The monoisotopic (exact) mass is 208 g/mol. The van der Waals surface area contributed by atoms with Gasteiger partial charge in [-0.1, -0.05) is 30.3 Å². The molecule has 0 radical (unpaired) electrons. The molecule has 1 heterocycles. The molecule has 2 heteroatoms. The first-order valence-corrected chi connectivity index (χ1v) is 5.36. The van der Waals surface area contributed by atoms with Gasteiger partial charge in [-0.2, -0.15) is 0 Å². The molecule has 0 amide bonds. The molecule has 0 fully saturated rings. The van der Waals surface area contributed by atoms with Gasteiger partial charge < -0.3 is 5.73 Å². The summed E-state index contributed by atoms with van der Waals surface area (Å²) in [5.41, 5.74) is 8.93. The van der Waals surface area contributed by atoms with Crippen molar-refractivity contribution in [3.63, 3.8) is 0 Å². The molecule has 0 bridgehead atoms. The predicted molar refractivity (Wildman–Crippen MR) is 67.1 cm³/mol. The third-order valence-corrected chi connectivity index (χ3v) is 2.87. The number of hydrogen-bond acceptors (Lipinski definition) is 2. The maximum atomic E-state index is 5.73. The van der Waals surface area contributed by atoms with Crippen molar-refractivity contribution in [2.75, 3.05) is 0 Å². The van der Waals surface area contributed by atoms with Crippen LogP contribution >= 0.6 is 0 Å². The molecule has 0 aliphatic rings. The van der Waals surface area contributed by atoms with Crippen LogP contribution in [0.15, 0.2) is 48.5 Å². The number of nitrogens with two attached hydrogens (primary N) is 1. The minimum absolute atomic E-state index is 0.553. The fourth-order valence-electron chi connectivity index (χ4n) is 2.04. The van der Waals surface area contributed by atoms with Gasteiger partial charge in [0.2, 0.25) is 0 Å². The lowest BCUT2D eigenvalue weighted by Gasteiger charge is -2.05. The number of nitrogens with zero attached hydrogens (tertiary/aromatic N) is 1. The van der Waals surface area contributed by atoms with E-state index in [1.165, 1.54) is 0 Å². The Bertz CT molecular complexity index is 659. The second kappa shape index (κ2) is 3.58. The minimum atomic E-state index is 0.553. The molecule has 2 aromatic carbocycles. The number of pyridine rings is 1. The standard InChI is InChI=1S/C14H12N2/c15-9-11-5-3-7-14-12(11)8-10-4-1-2-6-13(10)16-14/h1-8H,9,15H2. The Labute approximate surface area is 93.7 Å². The lowest BCUT2D eigenvalue weighted by molar-refractivity contribution is 1.09. The second-order valence-corrected chi connectivity index (χ2v) is 3.87. The summed E-state index contributed by atoms with van der Waals surface area (Å²) in [6, 6.07) is 16.4. The zero-order valence-electron chi connectivity index (χ0n) is 8.85. The Morgan fingerprint density at radius 1 is 0.938 bits per heavy atom. The number of fused-ring (bicyclic) bond motifs is 2. The van der Waals surface area contributed by atoms with E-state index in [1.807, 2.05) is 30.3 Å². The number of hydrogen-bond donors (Lipinski definition) is 1. The number of benzene rings is 2. The van der Waals surface area contributed by atoms with Crippen LogP contribution in [-0.4, -0.2) is 4.98 Å². The molecule has 0 saturated carbocycles. The molecule has 2 N–H and O–H groups in total. The van der Waals surface area contributed by atoms with E-state index in [2.05, 4.69) is 23.2 Å². The van der Waals surface area contributed by atoms with Crippen molar-refractivity contribution in [3.05, 3.63) is 54.1 Å². The lowest BCUT2D eigenvalue weighted by atomic mass is 10.1. The first-order chi connectivity index (χ1) is 7.88. The quantitative estimate of drug-likeness (QED) is 0.624. The summed E-state index contributed by atoms with van der Waals surface area (Å²) in [6.07, 6.45) is 0. The summed E-state index contributed by atoms with van der Waals surface area (Å²) in [5.74, 6) is 0. The molecule has 2 nitrogen and oxygen atoms in total. The second-order valence-electron chi connectivity index (χ2n) is 3.87. The molecule has 0 atom stereocenters. The molecule has 78 valence electrons. The van der Waals surface area contributed by atoms with Gasteiger partial charge in [-0.25, -0.2) is 4.98 Å². The highest BCUT2D eigenvalue weighted by Crippen LogP contribution is 2.22. The fourth-order valence-corrected chi connectivity index (χ4v) is 2.04. The van der Waals surface area contributed by atoms with Crippen LogP contribution in [0.5, 0.6) is 0 Å². The van der Waals surface area contributed by atoms with Crippen molar-refractivity contribution in [3.8, 4) is 0 Å². The van der Waals surface area contributed by atoms with Gasteiger partial charge in [0.05, 0.1) is 11.0 Å². The van der Waals surface area contributed by atoms with Gasteiger partial charge in [0.25, 0.3) is 0 Å². The summed E-state index contributed by atoms with van der Waals surface area (Å²) in [7, 11) is 0. The average Bonchev–Trinajstić information content (AvgIpc) is 2.35. The molecule has 3 aromatic rings. The van der Waals surface area contributed by atoms with Crippen LogP contribution in [0.2, 0.25) is 0 Å². The Morgan fingerprint density at radius 3 is 2.62 bits per heavy atom. The van der Waals surface area contributed by atoms with E-state index >= 15 is 0 Å². The zero-order valence-corrected chi connectivity index (χ0v) is 8.85. The van der Waals surface area contributed by atoms with Crippen LogP contribution in [0.25, 0.3) is 21.8 Å². The SMILES string of the molecule is NCc1cccc2nc3ccccc3cc12. The third-order valence-electron chi connectivity index (χ3n) is 2.87. The van der Waals surface area contributed by atoms with Gasteiger partial charge in [0, 0.05) is 17.3 Å². The van der Waals surface area contributed by atoms with E-state index in [-0.39, 0.29) is 0 Å². The van der Waals surface area contributed by atoms with Gasteiger partial charge in [0.15, 0.2) is 0 Å². The van der Waals surface area contributed by atoms with Crippen LogP contribution in [0.1, 0.15) is 5.56 Å². The van der Waals surface area contributed by atoms with E-state index in [0.29, 0.717) is 6.54 Å². The third kappa shape index (κ3) is 1.35. The van der Waals surface area contributed by atoms with E-state index < -0.39 is 0 Å². The topological polar surface area (TPSA) is 38.9 Å². The Morgan fingerprint density at radius 2 is 1.75 bits per heavy atom. The van der Waals surface area contributed by atoms with Gasteiger partial charge in [-0.3, -0.25) is 0 Å². The van der Waals surface area contributed by atoms with Crippen LogP contribution in [0, 0.1) is 0 Å². The highest BCUT2D eigenvalue weighted by Gasteiger charge is 2.02. The normalized spacial score (nSPS) is 11.1. The number of aromatic nitrogens is 1. The molecule has 0 saturated heterocycles. The minimum Gasteiger partial charge on any atom is -0.326 e. The highest BCUT2D eigenvalue weighted by atomic mass is 14.7. The van der Waals surface area contributed by atoms with Crippen molar-refractivity contribution >= 4 is 21.8 Å². The van der Waals surface area contributed by atoms with E-state index in [1.54, 1.807) is 0 Å². The zero-order chi connectivity index (χ0) is 11.0. The maximum Gasteiger partial charge on any atom is 0.0712 e. The van der Waals surface area contributed by atoms with Crippen LogP contribution in [-0.2, 0) is 6.54 Å². The number of para-hydroxylation sites is 1. The van der Waals surface area contributed by atoms with Gasteiger partial charge >= 0.3 is 0 Å². The molecule has 0 unspecified atom stereocenters. The van der Waals surface area contributed by atoms with E-state index in [9.17, 15) is 0 Å². The largest absolute Gasteiger partial charge is 0.326 e. The smallest absolute Gasteiger partial charge is 0.0712 e. The van der Waals surface area contributed by atoms with E-state index in [0.717, 1.165) is 27.4 Å². The Balaban J connectivity index is 2.46. The number of rotatable bonds is 1. The molecule has 0 spiro atoms. The average molecular weight is 208 g/mol. The van der Waals surface area contributed by atoms with Crippen molar-refractivity contribution in [1.29, 1.82) is 0 Å². The summed E-state index contributed by atoms with van der Waals surface area (Å²) >= 11 is 0. The molecule has 0 aliphatic heterocycles. The first-order valence-electron chi connectivity index (χ1n) is 5.36. The first kappa shape index (κ1) is 9.31. The Hall–Kier alpha value is -1.93. The van der Waals surface area contributed by atoms with Crippen molar-refractivity contribution < 1.29 is 0 Å². The fraction of sp³-hybridized carbons (Fsp3) is 0.0714. The molecular formula is C14H12N2. The molecule has 3 rings (SSSR count). The molecule has 0 aliphatic carbocycles. The Kier molecular flexibility index (Phi) is 2.08. The van der Waals surface area contributed by atoms with Crippen LogP contribution in [0.4, 0.5) is 0 Å². The van der Waals surface area contributed by atoms with Crippen molar-refractivity contribution in [2.24, 2.45) is 5.73 Å². The van der Waals surface area contributed by atoms with Crippen molar-refractivity contribution in [2.45, 2.75) is 6.54 Å². The maximum absolute atomic E-state index is 5.73. The summed E-state index contributed by atoms with van der Waals surface area (Å²) in [4.78, 5) is 4.63. The van der Waals surface area contributed by atoms with Gasteiger partial charge in [-0.15, -0.1) is 0 Å². The van der Waals surface area contributed by atoms with Gasteiger partial charge in [0.1, 0.15) is 0 Å². The predicted octanol–water partition coefficient (Wildman–Crippen LogP) is 2.85. The molecule has 16 heavy (non-hydrogen) atoms. The van der Waals surface area contributed by atoms with Crippen LogP contribution in [0.3, 0.4) is 0 Å². The van der Waals surface area contributed by atoms with Gasteiger partial charge in [-0.05, 0) is 23.8 Å². The summed E-state index contributed by atoms with van der Waals surface area (Å²) in [6.45, 7) is 0.553.